The van der Waals surface area contributed by atoms with Crippen LogP contribution in [0.25, 0.3) is 0 Å². The Hall–Kier alpha value is 0.170. The molecule has 102 valence electrons. The van der Waals surface area contributed by atoms with Gasteiger partial charge >= 0.3 is 0 Å². The van der Waals surface area contributed by atoms with Crippen molar-refractivity contribution in [3.8, 4) is 0 Å². The summed E-state index contributed by atoms with van der Waals surface area (Å²) in [5, 5.41) is 3.54. The number of hydrogen-bond acceptors (Lipinski definition) is 3. The van der Waals surface area contributed by atoms with Crippen molar-refractivity contribution in [2.75, 3.05) is 38.9 Å². The van der Waals surface area contributed by atoms with Crippen LogP contribution >= 0.6 is 11.6 Å². The predicted molar refractivity (Wildman–Crippen MR) is 71.8 cm³/mol. The number of halogens is 1. The van der Waals surface area contributed by atoms with Gasteiger partial charge in [0.2, 0.25) is 0 Å². The van der Waals surface area contributed by atoms with Gasteiger partial charge in [0, 0.05) is 37.8 Å². The molecule has 4 heteroatoms. The number of rotatable bonds is 8. The van der Waals surface area contributed by atoms with Crippen molar-refractivity contribution in [2.24, 2.45) is 5.92 Å². The van der Waals surface area contributed by atoms with Crippen molar-refractivity contribution in [3.63, 3.8) is 0 Å². The number of nitrogens with one attached hydrogen (secondary N) is 1. The van der Waals surface area contributed by atoms with E-state index in [1.807, 2.05) is 0 Å². The summed E-state index contributed by atoms with van der Waals surface area (Å²) in [7, 11) is 0. The summed E-state index contributed by atoms with van der Waals surface area (Å²) in [5.74, 6) is 1.37. The third-order valence-corrected chi connectivity index (χ3v) is 3.80. The molecule has 1 saturated heterocycles. The maximum Gasteiger partial charge on any atom is 0.0591 e. The summed E-state index contributed by atoms with van der Waals surface area (Å²) < 4.78 is 11.0. The highest BCUT2D eigenvalue weighted by Gasteiger charge is 2.30. The minimum Gasteiger partial charge on any atom is -0.381 e. The molecular weight excluding hydrogens is 238 g/mol. The smallest absolute Gasteiger partial charge is 0.0591 e. The van der Waals surface area contributed by atoms with Crippen LogP contribution in [0, 0.1) is 5.92 Å². The summed E-state index contributed by atoms with van der Waals surface area (Å²) in [6.45, 7) is 8.56. The molecule has 1 N–H and O–H groups in total. The van der Waals surface area contributed by atoms with Gasteiger partial charge in [-0.1, -0.05) is 13.8 Å². The van der Waals surface area contributed by atoms with E-state index in [4.69, 9.17) is 21.1 Å². The van der Waals surface area contributed by atoms with Gasteiger partial charge in [0.15, 0.2) is 0 Å². The summed E-state index contributed by atoms with van der Waals surface area (Å²) in [5.41, 5.74) is 0.0706. The largest absolute Gasteiger partial charge is 0.381 e. The first-order valence-electron chi connectivity index (χ1n) is 6.65. The Morgan fingerprint density at radius 1 is 1.29 bits per heavy atom. The molecule has 0 aliphatic carbocycles. The fourth-order valence-corrected chi connectivity index (χ4v) is 2.29. The highest BCUT2D eigenvalue weighted by atomic mass is 35.5. The SMILES string of the molecule is CC(C)CCOCCNC1(CCl)CCOCC1. The summed E-state index contributed by atoms with van der Waals surface area (Å²) in [6, 6.07) is 0. The van der Waals surface area contributed by atoms with E-state index in [2.05, 4.69) is 19.2 Å². The van der Waals surface area contributed by atoms with E-state index in [1.165, 1.54) is 0 Å². The van der Waals surface area contributed by atoms with Crippen LogP contribution in [0.2, 0.25) is 0 Å². The van der Waals surface area contributed by atoms with Crippen LogP contribution in [0.5, 0.6) is 0 Å². The summed E-state index contributed by atoms with van der Waals surface area (Å²) >= 11 is 6.06. The lowest BCUT2D eigenvalue weighted by Gasteiger charge is -2.36. The van der Waals surface area contributed by atoms with Gasteiger partial charge in [0.25, 0.3) is 0 Å². The van der Waals surface area contributed by atoms with Crippen LogP contribution in [0.1, 0.15) is 33.1 Å². The third kappa shape index (κ3) is 6.05. The Morgan fingerprint density at radius 2 is 2.00 bits per heavy atom. The molecule has 0 atom stereocenters. The zero-order valence-electron chi connectivity index (χ0n) is 11.1. The molecule has 0 unspecified atom stereocenters. The zero-order chi connectivity index (χ0) is 12.6. The van der Waals surface area contributed by atoms with Crippen LogP contribution in [0.15, 0.2) is 0 Å². The minimum atomic E-state index is 0.0706. The van der Waals surface area contributed by atoms with E-state index in [0.717, 1.165) is 52.2 Å². The van der Waals surface area contributed by atoms with E-state index in [9.17, 15) is 0 Å². The Kier molecular flexibility index (Phi) is 7.44. The van der Waals surface area contributed by atoms with Crippen molar-refractivity contribution >= 4 is 11.6 Å². The fraction of sp³-hybridized carbons (Fsp3) is 1.00. The molecule has 1 aliphatic heterocycles. The van der Waals surface area contributed by atoms with E-state index in [0.29, 0.717) is 11.8 Å². The second-order valence-corrected chi connectivity index (χ2v) is 5.52. The van der Waals surface area contributed by atoms with Crippen molar-refractivity contribution in [1.82, 2.24) is 5.32 Å². The molecule has 1 rings (SSSR count). The van der Waals surface area contributed by atoms with Crippen LogP contribution in [-0.2, 0) is 9.47 Å². The number of hydrogen-bond donors (Lipinski definition) is 1. The first kappa shape index (κ1) is 15.2. The van der Waals surface area contributed by atoms with E-state index < -0.39 is 0 Å². The molecule has 1 fully saturated rings. The van der Waals surface area contributed by atoms with Crippen molar-refractivity contribution in [3.05, 3.63) is 0 Å². The normalized spacial score (nSPS) is 19.8. The second kappa shape index (κ2) is 8.30. The molecule has 0 radical (unpaired) electrons. The van der Waals surface area contributed by atoms with Gasteiger partial charge in [-0.05, 0) is 25.2 Å². The zero-order valence-corrected chi connectivity index (χ0v) is 11.9. The van der Waals surface area contributed by atoms with Gasteiger partial charge in [0.1, 0.15) is 0 Å². The van der Waals surface area contributed by atoms with Crippen molar-refractivity contribution in [2.45, 2.75) is 38.6 Å². The Balaban J connectivity index is 2.07. The molecule has 0 aromatic carbocycles. The molecule has 0 bridgehead atoms. The Bertz CT molecular complexity index is 194. The lowest BCUT2D eigenvalue weighted by molar-refractivity contribution is 0.0411. The quantitative estimate of drug-likeness (QED) is 0.539. The summed E-state index contributed by atoms with van der Waals surface area (Å²) in [4.78, 5) is 0. The number of ether oxygens (including phenoxy) is 2. The van der Waals surface area contributed by atoms with E-state index in [-0.39, 0.29) is 5.54 Å². The first-order valence-corrected chi connectivity index (χ1v) is 7.18. The van der Waals surface area contributed by atoms with Gasteiger partial charge < -0.3 is 14.8 Å². The van der Waals surface area contributed by atoms with E-state index in [1.54, 1.807) is 0 Å². The van der Waals surface area contributed by atoms with Crippen LogP contribution in [0.4, 0.5) is 0 Å². The fourth-order valence-electron chi connectivity index (χ4n) is 1.93. The number of alkyl halides is 1. The molecular formula is C13H26ClNO2. The standard InChI is InChI=1S/C13H26ClNO2/c1-12(2)3-7-16-10-6-15-13(11-14)4-8-17-9-5-13/h12,15H,3-11H2,1-2H3. The second-order valence-electron chi connectivity index (χ2n) is 5.25. The van der Waals surface area contributed by atoms with Gasteiger partial charge in [-0.2, -0.15) is 0 Å². The van der Waals surface area contributed by atoms with Crippen LogP contribution in [-0.4, -0.2) is 44.4 Å². The maximum absolute atomic E-state index is 6.06. The Labute approximate surface area is 110 Å². The van der Waals surface area contributed by atoms with Crippen molar-refractivity contribution in [1.29, 1.82) is 0 Å². The third-order valence-electron chi connectivity index (χ3n) is 3.29. The van der Waals surface area contributed by atoms with Gasteiger partial charge in [-0.15, -0.1) is 11.6 Å². The van der Waals surface area contributed by atoms with E-state index >= 15 is 0 Å². The highest BCUT2D eigenvalue weighted by molar-refractivity contribution is 6.18. The van der Waals surface area contributed by atoms with Gasteiger partial charge in [-0.3, -0.25) is 0 Å². The van der Waals surface area contributed by atoms with Gasteiger partial charge in [-0.25, -0.2) is 0 Å². The molecule has 1 aliphatic rings. The van der Waals surface area contributed by atoms with Crippen molar-refractivity contribution < 1.29 is 9.47 Å². The van der Waals surface area contributed by atoms with Crippen LogP contribution < -0.4 is 5.32 Å². The average Bonchev–Trinajstić information content (AvgIpc) is 2.34. The average molecular weight is 264 g/mol. The minimum absolute atomic E-state index is 0.0706. The molecule has 0 spiro atoms. The predicted octanol–water partition coefficient (Wildman–Crippen LogP) is 2.43. The lowest BCUT2D eigenvalue weighted by Crippen LogP contribution is -2.52. The van der Waals surface area contributed by atoms with Crippen LogP contribution in [0.3, 0.4) is 0 Å². The monoisotopic (exact) mass is 263 g/mol. The molecule has 0 amide bonds. The molecule has 17 heavy (non-hydrogen) atoms. The maximum atomic E-state index is 6.06. The molecule has 0 saturated carbocycles. The molecule has 0 aromatic rings. The topological polar surface area (TPSA) is 30.5 Å². The molecule has 3 nitrogen and oxygen atoms in total. The lowest BCUT2D eigenvalue weighted by atomic mass is 9.92. The summed E-state index contributed by atoms with van der Waals surface area (Å²) in [6.07, 6.45) is 3.14. The first-order chi connectivity index (χ1) is 8.18. The Morgan fingerprint density at radius 3 is 2.59 bits per heavy atom. The molecule has 0 aromatic heterocycles. The highest BCUT2D eigenvalue weighted by Crippen LogP contribution is 2.21. The molecule has 1 heterocycles. The van der Waals surface area contributed by atoms with Gasteiger partial charge in [0.05, 0.1) is 6.61 Å².